The average molecular weight is 597 g/mol. The molecule has 0 aromatic heterocycles. The van der Waals surface area contributed by atoms with Crippen molar-refractivity contribution in [1.82, 2.24) is 10.6 Å². The summed E-state index contributed by atoms with van der Waals surface area (Å²) in [5.41, 5.74) is 4.42. The Kier molecular flexibility index (Phi) is 10.3. The third-order valence-electron chi connectivity index (χ3n) is 7.19. The molecule has 0 radical (unpaired) electrons. The summed E-state index contributed by atoms with van der Waals surface area (Å²) in [5, 5.41) is 5.11. The molecule has 4 aromatic carbocycles. The first-order valence-electron chi connectivity index (χ1n) is 14.5. The number of hydrogen-bond acceptors (Lipinski definition) is 6. The van der Waals surface area contributed by atoms with Crippen LogP contribution in [-0.2, 0) is 20.9 Å². The summed E-state index contributed by atoms with van der Waals surface area (Å²) in [6, 6.07) is 27.8. The highest BCUT2D eigenvalue weighted by atomic mass is 19.1. The van der Waals surface area contributed by atoms with Gasteiger partial charge in [-0.2, -0.15) is 0 Å². The lowest BCUT2D eigenvalue weighted by Crippen LogP contribution is -2.41. The van der Waals surface area contributed by atoms with Gasteiger partial charge in [-0.05, 0) is 59.2 Å². The van der Waals surface area contributed by atoms with E-state index in [1.54, 1.807) is 0 Å². The van der Waals surface area contributed by atoms with Gasteiger partial charge in [-0.15, -0.1) is 0 Å². The quantitative estimate of drug-likeness (QED) is 0.138. The second-order valence-corrected chi connectivity index (χ2v) is 10.3. The maximum Gasteiger partial charge on any atom is 0.332 e. The van der Waals surface area contributed by atoms with Gasteiger partial charge in [-0.3, -0.25) is 10.1 Å². The highest BCUT2D eigenvalue weighted by Crippen LogP contribution is 2.42. The molecule has 4 aromatic rings. The zero-order chi connectivity index (χ0) is 30.7. The minimum atomic E-state index is -0.900. The topological polar surface area (TPSA) is 103 Å². The van der Waals surface area contributed by atoms with E-state index in [4.69, 9.17) is 14.2 Å². The number of carbonyl (C=O) groups is 3. The summed E-state index contributed by atoms with van der Waals surface area (Å²) in [6.07, 6.45) is 2.02. The number of fused-ring (bicyclic) bond motifs is 3. The number of halogens is 1. The molecule has 44 heavy (non-hydrogen) atoms. The van der Waals surface area contributed by atoms with Gasteiger partial charge in [-0.1, -0.05) is 84.9 Å². The summed E-state index contributed by atoms with van der Waals surface area (Å²) in [6.45, 7) is 0.678. The van der Waals surface area contributed by atoms with E-state index in [0.29, 0.717) is 19.4 Å². The molecule has 8 nitrogen and oxygen atoms in total. The van der Waals surface area contributed by atoms with Gasteiger partial charge in [0.05, 0.1) is 12.6 Å². The molecular formula is C35H33FN2O6. The Balaban J connectivity index is 1.05. The number of ether oxygens (including phenoxy) is 3. The zero-order valence-corrected chi connectivity index (χ0v) is 24.1. The zero-order valence-electron chi connectivity index (χ0n) is 24.1. The van der Waals surface area contributed by atoms with Crippen molar-refractivity contribution in [1.29, 1.82) is 0 Å². The van der Waals surface area contributed by atoms with Crippen LogP contribution in [0.15, 0.2) is 97.1 Å². The monoisotopic (exact) mass is 596 g/mol. The van der Waals surface area contributed by atoms with Crippen LogP contribution in [0, 0.1) is 5.82 Å². The third-order valence-corrected chi connectivity index (χ3v) is 7.19. The first-order chi connectivity index (χ1) is 21.5. The minimum absolute atomic E-state index is 0.0456. The number of amides is 3. The van der Waals surface area contributed by atoms with Crippen molar-refractivity contribution in [3.63, 3.8) is 0 Å². The van der Waals surface area contributed by atoms with Gasteiger partial charge in [0.25, 0.3) is 5.91 Å². The summed E-state index contributed by atoms with van der Waals surface area (Å²) in [5.74, 6) is -2.08. The fraction of sp³-hybridized carbons (Fsp3) is 0.229. The highest BCUT2D eigenvalue weighted by Gasteiger charge is 2.30. The Bertz CT molecular complexity index is 1560. The Morgan fingerprint density at radius 2 is 1.39 bits per heavy atom. The molecule has 0 bridgehead atoms. The van der Waals surface area contributed by atoms with E-state index in [2.05, 4.69) is 10.6 Å². The standard InChI is InChI=1S/C35H33FN2O6/c36-29-18-11-19-30(43-21-10-2-9-20-42-23-31(39)44-22-24-12-3-1-4-13-24)32(29)34(40)38-35(41)37-33-27-16-7-5-14-25(27)26-15-6-8-17-28(26)33/h1,3-8,11-19,33H,2,9-10,20-23H2,(H2,37,38,40,41). The van der Waals surface area contributed by atoms with Crippen molar-refractivity contribution in [3.8, 4) is 16.9 Å². The van der Waals surface area contributed by atoms with Gasteiger partial charge in [0.15, 0.2) is 0 Å². The van der Waals surface area contributed by atoms with Crippen LogP contribution in [0.25, 0.3) is 11.1 Å². The number of esters is 1. The number of unbranched alkanes of at least 4 members (excludes halogenated alkanes) is 2. The fourth-order valence-corrected chi connectivity index (χ4v) is 5.09. The predicted molar refractivity (Wildman–Crippen MR) is 163 cm³/mol. The van der Waals surface area contributed by atoms with Crippen LogP contribution in [0.3, 0.4) is 0 Å². The lowest BCUT2D eigenvalue weighted by Gasteiger charge is -2.17. The summed E-state index contributed by atoms with van der Waals surface area (Å²) in [4.78, 5) is 37.7. The molecular weight excluding hydrogens is 563 g/mol. The minimum Gasteiger partial charge on any atom is -0.493 e. The van der Waals surface area contributed by atoms with E-state index < -0.39 is 29.8 Å². The van der Waals surface area contributed by atoms with Crippen LogP contribution in [0.2, 0.25) is 0 Å². The second-order valence-electron chi connectivity index (χ2n) is 10.3. The molecule has 0 atom stereocenters. The van der Waals surface area contributed by atoms with Gasteiger partial charge >= 0.3 is 12.0 Å². The van der Waals surface area contributed by atoms with Gasteiger partial charge in [0.1, 0.15) is 30.3 Å². The fourth-order valence-electron chi connectivity index (χ4n) is 5.09. The van der Waals surface area contributed by atoms with E-state index in [1.165, 1.54) is 12.1 Å². The molecule has 9 heteroatoms. The lowest BCUT2D eigenvalue weighted by atomic mass is 10.1. The Morgan fingerprint density at radius 3 is 2.11 bits per heavy atom. The van der Waals surface area contributed by atoms with E-state index in [1.807, 2.05) is 78.9 Å². The van der Waals surface area contributed by atoms with Crippen molar-refractivity contribution in [2.45, 2.75) is 31.9 Å². The maximum absolute atomic E-state index is 14.8. The van der Waals surface area contributed by atoms with Crippen LogP contribution in [0.4, 0.5) is 9.18 Å². The summed E-state index contributed by atoms with van der Waals surface area (Å²) in [7, 11) is 0. The smallest absolute Gasteiger partial charge is 0.332 e. The predicted octanol–water partition coefficient (Wildman–Crippen LogP) is 6.34. The molecule has 226 valence electrons. The molecule has 0 saturated carbocycles. The number of carbonyl (C=O) groups excluding carboxylic acids is 3. The number of benzene rings is 4. The van der Waals surface area contributed by atoms with Gasteiger partial charge in [0, 0.05) is 6.61 Å². The van der Waals surface area contributed by atoms with E-state index in [-0.39, 0.29) is 31.1 Å². The molecule has 0 spiro atoms. The van der Waals surface area contributed by atoms with Crippen molar-refractivity contribution >= 4 is 17.9 Å². The first-order valence-corrected chi connectivity index (χ1v) is 14.5. The number of imide groups is 1. The van der Waals surface area contributed by atoms with Crippen LogP contribution >= 0.6 is 0 Å². The second kappa shape index (κ2) is 14.9. The molecule has 0 unspecified atom stereocenters. The molecule has 1 aliphatic carbocycles. The molecule has 2 N–H and O–H groups in total. The van der Waals surface area contributed by atoms with Crippen molar-refractivity contribution in [2.24, 2.45) is 0 Å². The van der Waals surface area contributed by atoms with Crippen LogP contribution in [0.1, 0.15) is 52.4 Å². The van der Waals surface area contributed by atoms with Crippen molar-refractivity contribution < 1.29 is 33.0 Å². The number of hydrogen-bond donors (Lipinski definition) is 2. The van der Waals surface area contributed by atoms with Gasteiger partial charge < -0.3 is 19.5 Å². The molecule has 3 amide bonds. The summed E-state index contributed by atoms with van der Waals surface area (Å²) >= 11 is 0. The van der Waals surface area contributed by atoms with Crippen molar-refractivity contribution in [3.05, 3.63) is 125 Å². The number of rotatable bonds is 13. The lowest BCUT2D eigenvalue weighted by molar-refractivity contribution is -0.150. The summed E-state index contributed by atoms with van der Waals surface area (Å²) < 4.78 is 31.0. The SMILES string of the molecule is O=C(NC(=O)c1c(F)cccc1OCCCCCOCC(=O)OCc1ccccc1)NC1c2ccccc2-c2ccccc21. The van der Waals surface area contributed by atoms with Crippen LogP contribution < -0.4 is 15.4 Å². The number of nitrogens with one attached hydrogen (secondary N) is 2. The molecule has 5 rings (SSSR count). The molecule has 0 aliphatic heterocycles. The van der Waals surface area contributed by atoms with Crippen LogP contribution in [0.5, 0.6) is 5.75 Å². The molecule has 0 fully saturated rings. The van der Waals surface area contributed by atoms with Crippen LogP contribution in [-0.4, -0.2) is 37.7 Å². The van der Waals surface area contributed by atoms with E-state index >= 15 is 0 Å². The van der Waals surface area contributed by atoms with Gasteiger partial charge in [0.2, 0.25) is 0 Å². The first kappa shape index (κ1) is 30.4. The Hall–Kier alpha value is -5.02. The molecule has 0 heterocycles. The Morgan fingerprint density at radius 1 is 0.727 bits per heavy atom. The Labute approximate surface area is 255 Å². The molecule has 1 aliphatic rings. The maximum atomic E-state index is 14.8. The largest absolute Gasteiger partial charge is 0.493 e. The van der Waals surface area contributed by atoms with E-state index in [0.717, 1.165) is 40.3 Å². The number of urea groups is 1. The van der Waals surface area contributed by atoms with Crippen molar-refractivity contribution in [2.75, 3.05) is 19.8 Å². The van der Waals surface area contributed by atoms with E-state index in [9.17, 15) is 18.8 Å². The molecule has 0 saturated heterocycles. The van der Waals surface area contributed by atoms with Gasteiger partial charge in [-0.25, -0.2) is 14.0 Å². The highest BCUT2D eigenvalue weighted by molar-refractivity contribution is 6.06. The third kappa shape index (κ3) is 7.67. The normalized spacial score (nSPS) is 11.8. The average Bonchev–Trinajstić information content (AvgIpc) is 3.35.